The number of anilines is 1. The molecule has 0 saturated carbocycles. The lowest BCUT2D eigenvalue weighted by Crippen LogP contribution is -2.43. The van der Waals surface area contributed by atoms with Gasteiger partial charge in [-0.05, 0) is 18.2 Å². The predicted molar refractivity (Wildman–Crippen MR) is 68.3 cm³/mol. The van der Waals surface area contributed by atoms with Crippen molar-refractivity contribution in [2.75, 3.05) is 12.3 Å². The molecular weight excluding hydrogens is 289 g/mol. The average molecular weight is 303 g/mol. The summed E-state index contributed by atoms with van der Waals surface area (Å²) in [6.07, 6.45) is -1.08. The number of halogens is 1. The van der Waals surface area contributed by atoms with Crippen LogP contribution in [-0.4, -0.2) is 42.4 Å². The number of primary amides is 1. The minimum absolute atomic E-state index is 0.0565. The minimum Gasteiger partial charge on any atom is -0.399 e. The molecule has 20 heavy (non-hydrogen) atoms. The lowest BCUT2D eigenvalue weighted by molar-refractivity contribution is -0.121. The molecule has 1 amide bonds. The van der Waals surface area contributed by atoms with Gasteiger partial charge < -0.3 is 16.6 Å². The Morgan fingerprint density at radius 2 is 2.05 bits per heavy atom. The van der Waals surface area contributed by atoms with Crippen molar-refractivity contribution in [3.05, 3.63) is 24.0 Å². The Morgan fingerprint density at radius 3 is 2.60 bits per heavy atom. The molecule has 1 aliphatic heterocycles. The van der Waals surface area contributed by atoms with Crippen LogP contribution in [0.3, 0.4) is 0 Å². The molecule has 1 fully saturated rings. The Labute approximate surface area is 115 Å². The highest BCUT2D eigenvalue weighted by atomic mass is 32.2. The number of aliphatic hydroxyl groups excluding tert-OH is 1. The molecule has 9 heteroatoms. The summed E-state index contributed by atoms with van der Waals surface area (Å²) in [5.41, 5.74) is 10.5. The van der Waals surface area contributed by atoms with Crippen LogP contribution in [-0.2, 0) is 14.8 Å². The highest BCUT2D eigenvalue weighted by molar-refractivity contribution is 7.89. The van der Waals surface area contributed by atoms with Crippen LogP contribution < -0.4 is 11.5 Å². The molecule has 2 atom stereocenters. The van der Waals surface area contributed by atoms with E-state index in [1.54, 1.807) is 0 Å². The number of amides is 1. The molecule has 0 spiro atoms. The molecule has 0 bridgehead atoms. The largest absolute Gasteiger partial charge is 0.399 e. The molecule has 1 aromatic rings. The standard InChI is InChI=1S/C11H14FN3O4S/c12-6-1-7(13)3-9(2-6)20(18,19)15-5-8(16)4-10(15)11(14)17/h1-3,8,10,16H,4-5,13H2,(H2,14,17). The monoisotopic (exact) mass is 303 g/mol. The van der Waals surface area contributed by atoms with E-state index in [4.69, 9.17) is 11.5 Å². The van der Waals surface area contributed by atoms with Gasteiger partial charge in [-0.15, -0.1) is 0 Å². The Morgan fingerprint density at radius 1 is 1.40 bits per heavy atom. The Kier molecular flexibility index (Phi) is 3.67. The zero-order chi connectivity index (χ0) is 15.1. The van der Waals surface area contributed by atoms with Crippen molar-refractivity contribution < 1.29 is 22.7 Å². The van der Waals surface area contributed by atoms with E-state index in [1.807, 2.05) is 0 Å². The number of aliphatic hydroxyl groups is 1. The van der Waals surface area contributed by atoms with Gasteiger partial charge in [-0.2, -0.15) is 4.31 Å². The number of hydrogen-bond donors (Lipinski definition) is 3. The number of rotatable bonds is 3. The molecule has 1 aromatic carbocycles. The first-order valence-corrected chi connectivity index (χ1v) is 7.21. The molecule has 1 saturated heterocycles. The van der Waals surface area contributed by atoms with E-state index in [2.05, 4.69) is 0 Å². The summed E-state index contributed by atoms with van der Waals surface area (Å²) in [6.45, 7) is -0.271. The maximum absolute atomic E-state index is 13.3. The summed E-state index contributed by atoms with van der Waals surface area (Å²) in [5, 5.41) is 9.53. The molecule has 2 unspecified atom stereocenters. The molecule has 0 radical (unpaired) electrons. The minimum atomic E-state index is -4.16. The smallest absolute Gasteiger partial charge is 0.244 e. The second-order valence-corrected chi connectivity index (χ2v) is 6.49. The van der Waals surface area contributed by atoms with Crippen molar-refractivity contribution in [3.63, 3.8) is 0 Å². The number of carbonyl (C=O) groups is 1. The van der Waals surface area contributed by atoms with Gasteiger partial charge in [0.05, 0.1) is 11.0 Å². The Hall–Kier alpha value is -1.71. The molecule has 0 aromatic heterocycles. The number of benzene rings is 1. The quantitative estimate of drug-likeness (QED) is 0.618. The maximum atomic E-state index is 13.3. The van der Waals surface area contributed by atoms with Gasteiger partial charge in [0, 0.05) is 18.7 Å². The first-order valence-electron chi connectivity index (χ1n) is 5.77. The summed E-state index contributed by atoms with van der Waals surface area (Å²) >= 11 is 0. The van der Waals surface area contributed by atoms with E-state index in [0.29, 0.717) is 0 Å². The molecule has 2 rings (SSSR count). The summed E-state index contributed by atoms with van der Waals surface area (Å²) < 4.78 is 38.8. The van der Waals surface area contributed by atoms with Crippen LogP contribution in [0.5, 0.6) is 0 Å². The summed E-state index contributed by atoms with van der Waals surface area (Å²) in [4.78, 5) is 10.9. The number of nitrogens with zero attached hydrogens (tertiary/aromatic N) is 1. The predicted octanol–water partition coefficient (Wildman–Crippen LogP) is -0.983. The third-order valence-corrected chi connectivity index (χ3v) is 4.91. The molecule has 110 valence electrons. The highest BCUT2D eigenvalue weighted by Crippen LogP contribution is 2.27. The molecule has 7 nitrogen and oxygen atoms in total. The van der Waals surface area contributed by atoms with Crippen molar-refractivity contribution in [3.8, 4) is 0 Å². The van der Waals surface area contributed by atoms with Crippen LogP contribution in [0.1, 0.15) is 6.42 Å². The third kappa shape index (κ3) is 2.60. The molecular formula is C11H14FN3O4S. The molecule has 0 aliphatic carbocycles. The van der Waals surface area contributed by atoms with Crippen LogP contribution in [0, 0.1) is 5.82 Å². The second kappa shape index (κ2) is 5.00. The van der Waals surface area contributed by atoms with Crippen LogP contribution in [0.25, 0.3) is 0 Å². The summed E-state index contributed by atoms with van der Waals surface area (Å²) in [7, 11) is -4.16. The van der Waals surface area contributed by atoms with Crippen molar-refractivity contribution >= 4 is 21.6 Å². The summed E-state index contributed by atoms with van der Waals surface area (Å²) in [5.74, 6) is -1.67. The number of nitrogen functional groups attached to an aromatic ring is 1. The normalized spacial score (nSPS) is 23.9. The number of sulfonamides is 1. The fourth-order valence-corrected chi connectivity index (χ4v) is 3.89. The van der Waals surface area contributed by atoms with Crippen LogP contribution in [0.4, 0.5) is 10.1 Å². The van der Waals surface area contributed by atoms with Gasteiger partial charge >= 0.3 is 0 Å². The fourth-order valence-electron chi connectivity index (χ4n) is 2.18. The SMILES string of the molecule is NC(=O)C1CC(O)CN1S(=O)(=O)c1cc(N)cc(F)c1. The zero-order valence-corrected chi connectivity index (χ0v) is 11.2. The van der Waals surface area contributed by atoms with Crippen LogP contribution in [0.2, 0.25) is 0 Å². The lowest BCUT2D eigenvalue weighted by atomic mass is 10.2. The highest BCUT2D eigenvalue weighted by Gasteiger charge is 2.42. The first-order chi connectivity index (χ1) is 9.21. The van der Waals surface area contributed by atoms with Gasteiger partial charge in [0.2, 0.25) is 15.9 Å². The van der Waals surface area contributed by atoms with Crippen molar-refractivity contribution in [1.82, 2.24) is 4.31 Å². The van der Waals surface area contributed by atoms with Crippen molar-refractivity contribution in [2.24, 2.45) is 5.73 Å². The van der Waals surface area contributed by atoms with E-state index in [-0.39, 0.29) is 23.5 Å². The Balaban J connectivity index is 2.46. The lowest BCUT2D eigenvalue weighted by Gasteiger charge is -2.21. The maximum Gasteiger partial charge on any atom is 0.244 e. The molecule has 1 aliphatic rings. The molecule has 5 N–H and O–H groups in total. The van der Waals surface area contributed by atoms with Gasteiger partial charge in [-0.3, -0.25) is 4.79 Å². The first kappa shape index (κ1) is 14.7. The van der Waals surface area contributed by atoms with E-state index < -0.39 is 33.9 Å². The number of hydrogen-bond acceptors (Lipinski definition) is 5. The number of carbonyl (C=O) groups excluding carboxylic acids is 1. The zero-order valence-electron chi connectivity index (χ0n) is 10.4. The summed E-state index contributed by atoms with van der Waals surface area (Å²) in [6, 6.07) is 1.71. The van der Waals surface area contributed by atoms with E-state index in [1.165, 1.54) is 0 Å². The van der Waals surface area contributed by atoms with E-state index in [0.717, 1.165) is 22.5 Å². The molecule has 1 heterocycles. The Bertz CT molecular complexity index is 629. The second-order valence-electron chi connectivity index (χ2n) is 4.60. The van der Waals surface area contributed by atoms with Crippen LogP contribution in [0.15, 0.2) is 23.1 Å². The van der Waals surface area contributed by atoms with Crippen molar-refractivity contribution in [2.45, 2.75) is 23.5 Å². The number of nitrogens with two attached hydrogens (primary N) is 2. The average Bonchev–Trinajstić information content (AvgIpc) is 2.71. The van der Waals surface area contributed by atoms with E-state index in [9.17, 15) is 22.7 Å². The van der Waals surface area contributed by atoms with Gasteiger partial charge in [0.1, 0.15) is 11.9 Å². The number of β-amino-alcohol motifs (C(OH)–C–C–N with tert-alkyl or cyclic N) is 1. The van der Waals surface area contributed by atoms with Crippen LogP contribution >= 0.6 is 0 Å². The van der Waals surface area contributed by atoms with Gasteiger partial charge in [-0.1, -0.05) is 0 Å². The van der Waals surface area contributed by atoms with Gasteiger partial charge in [-0.25, -0.2) is 12.8 Å². The van der Waals surface area contributed by atoms with Gasteiger partial charge in [0.15, 0.2) is 0 Å². The fraction of sp³-hybridized carbons (Fsp3) is 0.364. The topological polar surface area (TPSA) is 127 Å². The van der Waals surface area contributed by atoms with E-state index >= 15 is 0 Å². The third-order valence-electron chi connectivity index (χ3n) is 3.06. The van der Waals surface area contributed by atoms with Gasteiger partial charge in [0.25, 0.3) is 0 Å². The van der Waals surface area contributed by atoms with Crippen molar-refractivity contribution in [1.29, 1.82) is 0 Å².